The Morgan fingerprint density at radius 1 is 1.03 bits per heavy atom. The van der Waals surface area contributed by atoms with Crippen molar-refractivity contribution in [2.24, 2.45) is 0 Å². The van der Waals surface area contributed by atoms with Crippen LogP contribution in [0.15, 0.2) is 60.8 Å². The van der Waals surface area contributed by atoms with Crippen LogP contribution in [0.4, 0.5) is 5.69 Å². The smallest absolute Gasteiger partial charge is 0.255 e. The van der Waals surface area contributed by atoms with Crippen molar-refractivity contribution < 1.29 is 4.79 Å². The quantitative estimate of drug-likeness (QED) is 0.445. The molecule has 6 heteroatoms. The molecule has 0 radical (unpaired) electrons. The molecule has 0 aliphatic rings. The zero-order valence-corrected chi connectivity index (χ0v) is 18.9. The van der Waals surface area contributed by atoms with E-state index in [1.807, 2.05) is 73.1 Å². The average Bonchev–Trinajstić information content (AvgIpc) is 3.08. The van der Waals surface area contributed by atoms with E-state index < -0.39 is 0 Å². The molecule has 0 fully saturated rings. The van der Waals surface area contributed by atoms with Crippen molar-refractivity contribution in [1.82, 2.24) is 19.7 Å². The molecule has 1 N–H and O–H groups in total. The van der Waals surface area contributed by atoms with Crippen molar-refractivity contribution in [2.75, 3.05) is 5.32 Å². The van der Waals surface area contributed by atoms with Crippen LogP contribution in [-0.2, 0) is 6.42 Å². The highest BCUT2D eigenvalue weighted by molar-refractivity contribution is 6.04. The number of amides is 1. The SMILES string of the molecule is CCCc1c(C)nn(-c2ccc(C(=O)Nc3cccc(-c4ccnc(C)n4)c3)cc2)c1C. The summed E-state index contributed by atoms with van der Waals surface area (Å²) in [5.74, 6) is 0.550. The minimum absolute atomic E-state index is 0.160. The second-order valence-electron chi connectivity index (χ2n) is 7.88. The summed E-state index contributed by atoms with van der Waals surface area (Å²) in [6, 6.07) is 17.0. The topological polar surface area (TPSA) is 72.7 Å². The van der Waals surface area contributed by atoms with Gasteiger partial charge in [-0.25, -0.2) is 14.6 Å². The molecule has 0 bridgehead atoms. The van der Waals surface area contributed by atoms with E-state index in [4.69, 9.17) is 5.10 Å². The molecular formula is C26H27N5O. The number of hydrogen-bond acceptors (Lipinski definition) is 4. The fourth-order valence-corrected chi connectivity index (χ4v) is 3.87. The monoisotopic (exact) mass is 425 g/mol. The average molecular weight is 426 g/mol. The van der Waals surface area contributed by atoms with Crippen molar-refractivity contribution in [2.45, 2.75) is 40.5 Å². The van der Waals surface area contributed by atoms with Gasteiger partial charge in [-0.2, -0.15) is 5.10 Å². The van der Waals surface area contributed by atoms with Crippen LogP contribution in [0.1, 0.15) is 46.5 Å². The molecule has 0 unspecified atom stereocenters. The van der Waals surface area contributed by atoms with Gasteiger partial charge < -0.3 is 5.32 Å². The summed E-state index contributed by atoms with van der Waals surface area (Å²) in [6.45, 7) is 8.17. The van der Waals surface area contributed by atoms with Crippen LogP contribution in [0.3, 0.4) is 0 Å². The van der Waals surface area contributed by atoms with Gasteiger partial charge in [-0.15, -0.1) is 0 Å². The maximum absolute atomic E-state index is 12.8. The lowest BCUT2D eigenvalue weighted by Crippen LogP contribution is -2.12. The molecule has 0 saturated heterocycles. The minimum Gasteiger partial charge on any atom is -0.322 e. The summed E-state index contributed by atoms with van der Waals surface area (Å²) < 4.78 is 1.95. The Kier molecular flexibility index (Phi) is 6.12. The molecule has 0 aliphatic carbocycles. The molecule has 32 heavy (non-hydrogen) atoms. The first-order valence-corrected chi connectivity index (χ1v) is 10.8. The Morgan fingerprint density at radius 3 is 2.53 bits per heavy atom. The standard InChI is InChI=1S/C26H27N5O/c1-5-7-24-17(2)30-31(18(24)3)23-12-10-20(11-13-23)26(32)29-22-9-6-8-21(16-22)25-14-15-27-19(4)28-25/h6,8-16H,5,7H2,1-4H3,(H,29,32). The second-order valence-corrected chi connectivity index (χ2v) is 7.88. The molecule has 6 nitrogen and oxygen atoms in total. The Morgan fingerprint density at radius 2 is 1.81 bits per heavy atom. The minimum atomic E-state index is -0.160. The van der Waals surface area contributed by atoms with Crippen LogP contribution in [-0.4, -0.2) is 25.7 Å². The third-order valence-corrected chi connectivity index (χ3v) is 5.51. The van der Waals surface area contributed by atoms with Crippen LogP contribution < -0.4 is 5.32 Å². The Hall–Kier alpha value is -3.80. The van der Waals surface area contributed by atoms with Gasteiger partial charge in [0, 0.05) is 28.7 Å². The molecule has 2 heterocycles. The van der Waals surface area contributed by atoms with E-state index in [1.54, 1.807) is 6.20 Å². The number of carbonyl (C=O) groups excluding carboxylic acids is 1. The van der Waals surface area contributed by atoms with Crippen molar-refractivity contribution in [3.05, 3.63) is 89.1 Å². The van der Waals surface area contributed by atoms with Gasteiger partial charge in [0.05, 0.1) is 17.1 Å². The predicted octanol–water partition coefficient (Wildman–Crippen LogP) is 5.46. The molecule has 2 aromatic carbocycles. The number of nitrogens with one attached hydrogen (secondary N) is 1. The number of aromatic nitrogens is 4. The van der Waals surface area contributed by atoms with Crippen molar-refractivity contribution in [1.29, 1.82) is 0 Å². The number of carbonyl (C=O) groups is 1. The summed E-state index contributed by atoms with van der Waals surface area (Å²) >= 11 is 0. The van der Waals surface area contributed by atoms with E-state index in [-0.39, 0.29) is 5.91 Å². The van der Waals surface area contributed by atoms with Crippen LogP contribution in [0.5, 0.6) is 0 Å². The van der Waals surface area contributed by atoms with Gasteiger partial charge in [-0.05, 0) is 75.2 Å². The van der Waals surface area contributed by atoms with Crippen LogP contribution >= 0.6 is 0 Å². The molecule has 0 aliphatic heterocycles. The molecule has 1 amide bonds. The second kappa shape index (κ2) is 9.14. The Balaban J connectivity index is 1.52. The van der Waals surface area contributed by atoms with E-state index in [1.165, 1.54) is 5.56 Å². The normalized spacial score (nSPS) is 10.9. The number of aryl methyl sites for hydroxylation is 2. The fraction of sp³-hybridized carbons (Fsp3) is 0.231. The van der Waals surface area contributed by atoms with Crippen molar-refractivity contribution in [3.8, 4) is 16.9 Å². The molecule has 4 rings (SSSR count). The number of hydrogen-bond donors (Lipinski definition) is 1. The van der Waals surface area contributed by atoms with E-state index in [0.717, 1.165) is 46.9 Å². The van der Waals surface area contributed by atoms with E-state index in [0.29, 0.717) is 11.4 Å². The Labute approximate surface area is 188 Å². The lowest BCUT2D eigenvalue weighted by molar-refractivity contribution is 0.102. The third kappa shape index (κ3) is 4.44. The third-order valence-electron chi connectivity index (χ3n) is 5.51. The van der Waals surface area contributed by atoms with Gasteiger partial charge >= 0.3 is 0 Å². The first kappa shape index (κ1) is 21.4. The summed E-state index contributed by atoms with van der Waals surface area (Å²) in [5, 5.41) is 7.67. The maximum atomic E-state index is 12.8. The molecule has 2 aromatic heterocycles. The lowest BCUT2D eigenvalue weighted by Gasteiger charge is -2.09. The van der Waals surface area contributed by atoms with Gasteiger partial charge in [0.1, 0.15) is 5.82 Å². The molecular weight excluding hydrogens is 398 g/mol. The van der Waals surface area contributed by atoms with Crippen molar-refractivity contribution in [3.63, 3.8) is 0 Å². The largest absolute Gasteiger partial charge is 0.322 e. The highest BCUT2D eigenvalue weighted by atomic mass is 16.1. The van der Waals surface area contributed by atoms with Gasteiger partial charge in [0.2, 0.25) is 0 Å². The first-order chi connectivity index (χ1) is 15.5. The highest BCUT2D eigenvalue weighted by Crippen LogP contribution is 2.22. The number of benzene rings is 2. The molecule has 0 saturated carbocycles. The molecule has 0 atom stereocenters. The number of anilines is 1. The number of rotatable bonds is 6. The van der Waals surface area contributed by atoms with Gasteiger partial charge in [-0.3, -0.25) is 4.79 Å². The first-order valence-electron chi connectivity index (χ1n) is 10.8. The van der Waals surface area contributed by atoms with E-state index in [9.17, 15) is 4.79 Å². The van der Waals surface area contributed by atoms with Gasteiger partial charge in [0.15, 0.2) is 0 Å². The van der Waals surface area contributed by atoms with E-state index in [2.05, 4.69) is 29.1 Å². The molecule has 4 aromatic rings. The molecule has 0 spiro atoms. The summed E-state index contributed by atoms with van der Waals surface area (Å²) in [4.78, 5) is 21.4. The lowest BCUT2D eigenvalue weighted by atomic mass is 10.1. The fourth-order valence-electron chi connectivity index (χ4n) is 3.87. The zero-order chi connectivity index (χ0) is 22.7. The van der Waals surface area contributed by atoms with Gasteiger partial charge in [-0.1, -0.05) is 25.5 Å². The number of nitrogens with zero attached hydrogens (tertiary/aromatic N) is 4. The van der Waals surface area contributed by atoms with Crippen molar-refractivity contribution >= 4 is 11.6 Å². The summed E-state index contributed by atoms with van der Waals surface area (Å²) in [5.41, 5.74) is 7.52. The predicted molar refractivity (Wildman–Crippen MR) is 127 cm³/mol. The summed E-state index contributed by atoms with van der Waals surface area (Å²) in [6.07, 6.45) is 3.84. The van der Waals surface area contributed by atoms with E-state index >= 15 is 0 Å². The van der Waals surface area contributed by atoms with Crippen LogP contribution in [0, 0.1) is 20.8 Å². The zero-order valence-electron chi connectivity index (χ0n) is 18.9. The Bertz CT molecular complexity index is 1260. The highest BCUT2D eigenvalue weighted by Gasteiger charge is 2.13. The van der Waals surface area contributed by atoms with Gasteiger partial charge in [0.25, 0.3) is 5.91 Å². The van der Waals surface area contributed by atoms with Crippen LogP contribution in [0.25, 0.3) is 16.9 Å². The molecule has 162 valence electrons. The maximum Gasteiger partial charge on any atom is 0.255 e. The summed E-state index contributed by atoms with van der Waals surface area (Å²) in [7, 11) is 0. The van der Waals surface area contributed by atoms with Crippen LogP contribution in [0.2, 0.25) is 0 Å².